The molecular formula is C29H19Cl3N4O2S2. The number of nitrogens with zero attached hydrogens (tertiary/aromatic N) is 3. The second kappa shape index (κ2) is 12.5. The summed E-state index contributed by atoms with van der Waals surface area (Å²) in [5, 5.41) is 14.3. The number of carbonyl (C=O) groups is 2. The smallest absolute Gasteiger partial charge is 0.270 e. The van der Waals surface area contributed by atoms with Crippen molar-refractivity contribution < 1.29 is 9.59 Å². The zero-order valence-corrected chi connectivity index (χ0v) is 24.5. The summed E-state index contributed by atoms with van der Waals surface area (Å²) in [6.07, 6.45) is 2.56. The van der Waals surface area contributed by atoms with E-state index in [1.807, 2.05) is 36.4 Å². The largest absolute Gasteiger partial charge is 0.297 e. The van der Waals surface area contributed by atoms with Gasteiger partial charge in [0.1, 0.15) is 16.7 Å². The number of amides is 2. The number of thioether (sulfide) groups is 1. The van der Waals surface area contributed by atoms with Gasteiger partial charge < -0.3 is 0 Å². The minimum Gasteiger partial charge on any atom is -0.297 e. The SMILES string of the molecule is N#C/C(C(=O)Nc1ncc(Cc2ccccc2Cl)s1)=C1/S[C@@H](Cc2ccc(Cl)c(Cl)c2)C(=O)N1c1ccccc1. The Labute approximate surface area is 254 Å². The molecule has 6 nitrogen and oxygen atoms in total. The molecule has 1 aromatic heterocycles. The van der Waals surface area contributed by atoms with Crippen LogP contribution in [0.4, 0.5) is 10.8 Å². The second-order valence-corrected chi connectivity index (χ2v) is 12.2. The van der Waals surface area contributed by atoms with Gasteiger partial charge in [0.25, 0.3) is 5.91 Å². The zero-order chi connectivity index (χ0) is 28.2. The Bertz CT molecular complexity index is 1670. The summed E-state index contributed by atoms with van der Waals surface area (Å²) in [5.41, 5.74) is 2.13. The van der Waals surface area contributed by atoms with Crippen molar-refractivity contribution in [2.75, 3.05) is 10.2 Å². The van der Waals surface area contributed by atoms with Crippen molar-refractivity contribution in [3.63, 3.8) is 0 Å². The third kappa shape index (κ3) is 6.20. The van der Waals surface area contributed by atoms with Crippen molar-refractivity contribution in [2.24, 2.45) is 0 Å². The lowest BCUT2D eigenvalue weighted by Crippen LogP contribution is -2.30. The Balaban J connectivity index is 1.42. The van der Waals surface area contributed by atoms with Gasteiger partial charge >= 0.3 is 0 Å². The average molecular weight is 626 g/mol. The summed E-state index contributed by atoms with van der Waals surface area (Å²) >= 11 is 21.0. The van der Waals surface area contributed by atoms with Gasteiger partial charge in [0, 0.05) is 28.2 Å². The molecule has 0 aliphatic carbocycles. The van der Waals surface area contributed by atoms with E-state index in [1.165, 1.54) is 28.0 Å². The van der Waals surface area contributed by atoms with Crippen LogP contribution >= 0.6 is 57.9 Å². The summed E-state index contributed by atoms with van der Waals surface area (Å²) in [6.45, 7) is 0. The highest BCUT2D eigenvalue weighted by Gasteiger charge is 2.41. The van der Waals surface area contributed by atoms with Crippen LogP contribution in [0.3, 0.4) is 0 Å². The molecule has 1 fully saturated rings. The minimum atomic E-state index is -0.646. The number of halogens is 3. The van der Waals surface area contributed by atoms with E-state index in [0.29, 0.717) is 38.7 Å². The number of nitrogens with one attached hydrogen (secondary N) is 1. The predicted molar refractivity (Wildman–Crippen MR) is 163 cm³/mol. The van der Waals surface area contributed by atoms with E-state index < -0.39 is 11.2 Å². The van der Waals surface area contributed by atoms with Crippen LogP contribution < -0.4 is 10.2 Å². The molecule has 5 rings (SSSR count). The lowest BCUT2D eigenvalue weighted by molar-refractivity contribution is -0.117. The highest BCUT2D eigenvalue weighted by Crippen LogP contribution is 2.42. The molecule has 1 N–H and O–H groups in total. The molecule has 1 atom stereocenters. The van der Waals surface area contributed by atoms with E-state index in [4.69, 9.17) is 34.8 Å². The van der Waals surface area contributed by atoms with E-state index >= 15 is 0 Å². The number of benzene rings is 3. The molecule has 0 radical (unpaired) electrons. The Morgan fingerprint density at radius 2 is 1.75 bits per heavy atom. The van der Waals surface area contributed by atoms with Crippen LogP contribution in [0, 0.1) is 11.3 Å². The molecule has 0 spiro atoms. The maximum atomic E-state index is 13.6. The molecule has 0 unspecified atom stereocenters. The lowest BCUT2D eigenvalue weighted by atomic mass is 10.1. The Morgan fingerprint density at radius 1 is 1.00 bits per heavy atom. The zero-order valence-electron chi connectivity index (χ0n) is 20.6. The monoisotopic (exact) mass is 624 g/mol. The molecule has 2 heterocycles. The van der Waals surface area contributed by atoms with Gasteiger partial charge in [0.05, 0.1) is 15.3 Å². The number of thiazole rings is 1. The van der Waals surface area contributed by atoms with Crippen LogP contribution in [-0.4, -0.2) is 22.0 Å². The number of hydrogen-bond donors (Lipinski definition) is 1. The number of hydrogen-bond acceptors (Lipinski definition) is 6. The van der Waals surface area contributed by atoms with Gasteiger partial charge in [0.15, 0.2) is 5.13 Å². The van der Waals surface area contributed by atoms with Crippen LogP contribution in [0.2, 0.25) is 15.1 Å². The van der Waals surface area contributed by atoms with Crippen LogP contribution in [0.5, 0.6) is 0 Å². The molecule has 2 amide bonds. The summed E-state index contributed by atoms with van der Waals surface area (Å²) in [7, 11) is 0. The lowest BCUT2D eigenvalue weighted by Gasteiger charge is -2.18. The van der Waals surface area contributed by atoms with Gasteiger partial charge in [-0.3, -0.25) is 19.8 Å². The molecule has 40 heavy (non-hydrogen) atoms. The van der Waals surface area contributed by atoms with Gasteiger partial charge in [-0.25, -0.2) is 4.98 Å². The fourth-order valence-corrected chi connectivity index (χ4v) is 6.78. The van der Waals surface area contributed by atoms with E-state index in [0.717, 1.165) is 16.0 Å². The molecule has 3 aromatic carbocycles. The Morgan fingerprint density at radius 3 is 2.48 bits per heavy atom. The first-order valence-corrected chi connectivity index (χ1v) is 14.8. The normalized spacial score (nSPS) is 16.1. The molecular weight excluding hydrogens is 607 g/mol. The van der Waals surface area contributed by atoms with Crippen LogP contribution in [0.25, 0.3) is 0 Å². The third-order valence-corrected chi connectivity index (χ3v) is 9.30. The molecule has 11 heteroatoms. The molecule has 4 aromatic rings. The highest BCUT2D eigenvalue weighted by atomic mass is 35.5. The van der Waals surface area contributed by atoms with Crippen molar-refractivity contribution >= 4 is 80.5 Å². The topological polar surface area (TPSA) is 86.1 Å². The summed E-state index contributed by atoms with van der Waals surface area (Å²) in [5.74, 6) is -0.887. The molecule has 1 saturated heterocycles. The molecule has 1 aliphatic heterocycles. The quantitative estimate of drug-likeness (QED) is 0.168. The molecule has 200 valence electrons. The van der Waals surface area contributed by atoms with Crippen LogP contribution in [0.1, 0.15) is 16.0 Å². The summed E-state index contributed by atoms with van der Waals surface area (Å²) in [6, 6.07) is 23.7. The summed E-state index contributed by atoms with van der Waals surface area (Å²) < 4.78 is 0. The Hall–Kier alpha value is -3.32. The fraction of sp³-hybridized carbons (Fsp3) is 0.103. The molecule has 0 saturated carbocycles. The second-order valence-electron chi connectivity index (χ2n) is 8.71. The first-order chi connectivity index (χ1) is 19.3. The average Bonchev–Trinajstić information content (AvgIpc) is 3.52. The maximum Gasteiger partial charge on any atom is 0.270 e. The van der Waals surface area contributed by atoms with E-state index in [2.05, 4.69) is 10.3 Å². The molecule has 0 bridgehead atoms. The third-order valence-electron chi connectivity index (χ3n) is 6.02. The van der Waals surface area contributed by atoms with E-state index in [-0.39, 0.29) is 16.5 Å². The van der Waals surface area contributed by atoms with Crippen LogP contribution in [-0.2, 0) is 22.4 Å². The first-order valence-electron chi connectivity index (χ1n) is 12.0. The van der Waals surface area contributed by atoms with Crippen molar-refractivity contribution in [3.05, 3.63) is 121 Å². The van der Waals surface area contributed by atoms with E-state index in [9.17, 15) is 14.9 Å². The molecule has 1 aliphatic rings. The number of para-hydroxylation sites is 1. The predicted octanol–water partition coefficient (Wildman–Crippen LogP) is 7.76. The standard InChI is InChI=1S/C29H19Cl3N4O2S2/c30-22-9-5-4-6-18(22)14-20-16-34-29(39-20)35-26(37)21(15-33)28-36(19-7-2-1-3-8-19)27(38)25(40-28)13-17-10-11-23(31)24(32)12-17/h1-12,16,25H,13-14H2,(H,34,35,37)/b28-21-/t25-/m0/s1. The number of rotatable bonds is 7. The van der Waals surface area contributed by atoms with Gasteiger partial charge in [-0.15, -0.1) is 11.3 Å². The summed E-state index contributed by atoms with van der Waals surface area (Å²) in [4.78, 5) is 33.6. The van der Waals surface area contributed by atoms with Gasteiger partial charge in [-0.1, -0.05) is 89.0 Å². The first kappa shape index (κ1) is 28.2. The number of nitriles is 1. The van der Waals surface area contributed by atoms with Gasteiger partial charge in [-0.05, 0) is 47.9 Å². The maximum absolute atomic E-state index is 13.6. The Kier molecular flexibility index (Phi) is 8.79. The van der Waals surface area contributed by atoms with Gasteiger partial charge in [0.2, 0.25) is 5.91 Å². The van der Waals surface area contributed by atoms with Crippen LogP contribution in [0.15, 0.2) is 89.6 Å². The van der Waals surface area contributed by atoms with Crippen molar-refractivity contribution in [2.45, 2.75) is 18.1 Å². The van der Waals surface area contributed by atoms with E-state index in [1.54, 1.807) is 48.7 Å². The van der Waals surface area contributed by atoms with Gasteiger partial charge in [-0.2, -0.15) is 5.26 Å². The fourth-order valence-electron chi connectivity index (χ4n) is 4.12. The number of anilines is 2. The van der Waals surface area contributed by atoms with Crippen molar-refractivity contribution in [1.82, 2.24) is 4.98 Å². The number of carbonyl (C=O) groups excluding carboxylic acids is 2. The van der Waals surface area contributed by atoms with Crippen molar-refractivity contribution in [3.8, 4) is 6.07 Å². The van der Waals surface area contributed by atoms with Crippen molar-refractivity contribution in [1.29, 1.82) is 5.26 Å². The highest BCUT2D eigenvalue weighted by molar-refractivity contribution is 8.05. The number of aromatic nitrogens is 1. The minimum absolute atomic E-state index is 0.179.